The quantitative estimate of drug-likeness (QED) is 0.741. The highest BCUT2D eigenvalue weighted by atomic mass is 16.5. The molecule has 0 unspecified atom stereocenters. The maximum Gasteiger partial charge on any atom is 0.122 e. The van der Waals surface area contributed by atoms with Crippen molar-refractivity contribution in [2.45, 2.75) is 33.1 Å². The minimum Gasteiger partial charge on any atom is -0.493 e. The molecule has 0 atom stereocenters. The van der Waals surface area contributed by atoms with Crippen LogP contribution in [0.1, 0.15) is 31.4 Å². The molecule has 1 aromatic carbocycles. The molecule has 0 spiro atoms. The lowest BCUT2D eigenvalue weighted by molar-refractivity contribution is 0.151. The lowest BCUT2D eigenvalue weighted by Gasteiger charge is -2.24. The Kier molecular flexibility index (Phi) is 5.44. The molecule has 0 radical (unpaired) electrons. The summed E-state index contributed by atoms with van der Waals surface area (Å²) in [5, 5.41) is 3.56. The Morgan fingerprint density at radius 3 is 3.00 bits per heavy atom. The monoisotopic (exact) mass is 277 g/mol. The van der Waals surface area contributed by atoms with Gasteiger partial charge in [0.05, 0.1) is 6.61 Å². The van der Waals surface area contributed by atoms with Gasteiger partial charge in [-0.1, -0.05) is 26.0 Å². The van der Waals surface area contributed by atoms with Crippen LogP contribution in [-0.4, -0.2) is 33.4 Å². The number of fused-ring (bicyclic) bond motifs is 1. The fourth-order valence-corrected chi connectivity index (χ4v) is 2.52. The second kappa shape index (κ2) is 7.09. The van der Waals surface area contributed by atoms with Gasteiger partial charge in [-0.3, -0.25) is 0 Å². The molecule has 1 aliphatic rings. The van der Waals surface area contributed by atoms with Gasteiger partial charge in [-0.2, -0.15) is 0 Å². The van der Waals surface area contributed by atoms with E-state index < -0.39 is 0 Å². The second-order valence-electron chi connectivity index (χ2n) is 6.37. The predicted octanol–water partition coefficient (Wildman–Crippen LogP) is 2.82. The zero-order valence-electron chi connectivity index (χ0n) is 13.0. The van der Waals surface area contributed by atoms with Crippen LogP contribution in [0.3, 0.4) is 0 Å². The highest BCUT2D eigenvalue weighted by molar-refractivity contribution is 5.39. The van der Waals surface area contributed by atoms with Gasteiger partial charge in [-0.15, -0.1) is 0 Å². The van der Waals surface area contributed by atoms with E-state index in [0.29, 0.717) is 5.41 Å². The predicted molar refractivity (Wildman–Crippen MR) is 82.5 cm³/mol. The van der Waals surface area contributed by atoms with Gasteiger partial charge >= 0.3 is 0 Å². The van der Waals surface area contributed by atoms with Crippen molar-refractivity contribution >= 4 is 0 Å². The van der Waals surface area contributed by atoms with Crippen LogP contribution in [0.5, 0.6) is 5.75 Å². The highest BCUT2D eigenvalue weighted by Crippen LogP contribution is 2.26. The van der Waals surface area contributed by atoms with Gasteiger partial charge in [-0.05, 0) is 42.0 Å². The Hall–Kier alpha value is -1.06. The topological polar surface area (TPSA) is 30.5 Å². The van der Waals surface area contributed by atoms with E-state index in [9.17, 15) is 0 Å². The molecule has 3 heteroatoms. The number of hydrogen-bond acceptors (Lipinski definition) is 3. The molecule has 1 aliphatic heterocycles. The highest BCUT2D eigenvalue weighted by Gasteiger charge is 2.16. The maximum absolute atomic E-state index is 5.53. The zero-order chi connectivity index (χ0) is 14.4. The van der Waals surface area contributed by atoms with E-state index >= 15 is 0 Å². The maximum atomic E-state index is 5.53. The lowest BCUT2D eigenvalue weighted by Crippen LogP contribution is -2.31. The molecule has 0 fully saturated rings. The van der Waals surface area contributed by atoms with Crippen molar-refractivity contribution in [2.24, 2.45) is 5.41 Å². The van der Waals surface area contributed by atoms with Crippen LogP contribution in [0.2, 0.25) is 0 Å². The summed E-state index contributed by atoms with van der Waals surface area (Å²) in [4.78, 5) is 0. The van der Waals surface area contributed by atoms with E-state index in [0.717, 1.165) is 51.3 Å². The first-order chi connectivity index (χ1) is 9.61. The van der Waals surface area contributed by atoms with E-state index in [2.05, 4.69) is 37.4 Å². The van der Waals surface area contributed by atoms with Crippen molar-refractivity contribution in [3.05, 3.63) is 29.3 Å². The fraction of sp³-hybridized carbons (Fsp3) is 0.647. The second-order valence-corrected chi connectivity index (χ2v) is 6.37. The van der Waals surface area contributed by atoms with Crippen LogP contribution in [0.25, 0.3) is 0 Å². The summed E-state index contributed by atoms with van der Waals surface area (Å²) in [6.45, 7) is 8.29. The first-order valence-electron chi connectivity index (χ1n) is 7.55. The minimum absolute atomic E-state index is 0.293. The Morgan fingerprint density at radius 1 is 1.35 bits per heavy atom. The van der Waals surface area contributed by atoms with Gasteiger partial charge in [0.1, 0.15) is 5.75 Å². The smallest absolute Gasteiger partial charge is 0.122 e. The van der Waals surface area contributed by atoms with E-state index in [-0.39, 0.29) is 0 Å². The lowest BCUT2D eigenvalue weighted by atomic mass is 9.89. The van der Waals surface area contributed by atoms with Crippen molar-refractivity contribution in [1.82, 2.24) is 5.32 Å². The normalized spacial score (nSPS) is 14.2. The average molecular weight is 277 g/mol. The molecule has 0 saturated heterocycles. The van der Waals surface area contributed by atoms with Gasteiger partial charge in [0, 0.05) is 26.7 Å². The molecule has 0 bridgehead atoms. The van der Waals surface area contributed by atoms with Gasteiger partial charge in [0.15, 0.2) is 0 Å². The summed E-state index contributed by atoms with van der Waals surface area (Å²) >= 11 is 0. The molecule has 2 rings (SSSR count). The molecule has 0 aromatic heterocycles. The summed E-state index contributed by atoms with van der Waals surface area (Å²) in [6.07, 6.45) is 3.22. The van der Waals surface area contributed by atoms with Crippen LogP contribution in [0, 0.1) is 5.41 Å². The first kappa shape index (κ1) is 15.3. The third-order valence-corrected chi connectivity index (χ3v) is 3.93. The van der Waals surface area contributed by atoms with Gasteiger partial charge in [0.25, 0.3) is 0 Å². The summed E-state index contributed by atoms with van der Waals surface area (Å²) in [5.74, 6) is 1.07. The van der Waals surface area contributed by atoms with Crippen molar-refractivity contribution in [2.75, 3.05) is 33.4 Å². The number of methoxy groups -OCH3 is 1. The summed E-state index contributed by atoms with van der Waals surface area (Å²) < 4.78 is 10.7. The molecule has 0 aliphatic carbocycles. The molecule has 1 N–H and O–H groups in total. The molecule has 0 saturated carbocycles. The Balaban J connectivity index is 1.71. The van der Waals surface area contributed by atoms with Crippen LogP contribution in [0.15, 0.2) is 18.2 Å². The van der Waals surface area contributed by atoms with Crippen LogP contribution >= 0.6 is 0 Å². The number of rotatable bonds is 8. The van der Waals surface area contributed by atoms with Gasteiger partial charge < -0.3 is 14.8 Å². The number of benzene rings is 1. The van der Waals surface area contributed by atoms with Crippen LogP contribution in [0.4, 0.5) is 0 Å². The molecule has 0 amide bonds. The Labute approximate surface area is 122 Å². The Morgan fingerprint density at radius 2 is 2.20 bits per heavy atom. The van der Waals surface area contributed by atoms with Crippen molar-refractivity contribution in [3.63, 3.8) is 0 Å². The summed E-state index contributed by atoms with van der Waals surface area (Å²) in [6, 6.07) is 6.59. The minimum atomic E-state index is 0.293. The van der Waals surface area contributed by atoms with E-state index in [1.165, 1.54) is 11.1 Å². The number of ether oxygens (including phenoxy) is 2. The van der Waals surface area contributed by atoms with Crippen LogP contribution in [-0.2, 0) is 17.6 Å². The third-order valence-electron chi connectivity index (χ3n) is 3.93. The zero-order valence-corrected chi connectivity index (χ0v) is 13.0. The third kappa shape index (κ3) is 4.50. The van der Waals surface area contributed by atoms with Crippen molar-refractivity contribution < 1.29 is 9.47 Å². The Bertz CT molecular complexity index is 429. The molecule has 20 heavy (non-hydrogen) atoms. The SMILES string of the molecule is COCCC(C)(C)CNCCc1ccc2c(c1)CCO2. The molecular formula is C17H27NO2. The largest absolute Gasteiger partial charge is 0.493 e. The number of hydrogen-bond donors (Lipinski definition) is 1. The molecule has 3 nitrogen and oxygen atoms in total. The van der Waals surface area contributed by atoms with Crippen LogP contribution < -0.4 is 10.1 Å². The van der Waals surface area contributed by atoms with E-state index in [4.69, 9.17) is 9.47 Å². The first-order valence-corrected chi connectivity index (χ1v) is 7.55. The van der Waals surface area contributed by atoms with Gasteiger partial charge in [0.2, 0.25) is 0 Å². The number of nitrogens with one attached hydrogen (secondary N) is 1. The standard InChI is InChI=1S/C17H27NO2/c1-17(2,8-11-19-3)13-18-9-6-14-4-5-16-15(12-14)7-10-20-16/h4-5,12,18H,6-11,13H2,1-3H3. The summed E-state index contributed by atoms with van der Waals surface area (Å²) in [5.41, 5.74) is 3.06. The summed E-state index contributed by atoms with van der Waals surface area (Å²) in [7, 11) is 1.76. The van der Waals surface area contributed by atoms with E-state index in [1.54, 1.807) is 7.11 Å². The molecule has 112 valence electrons. The average Bonchev–Trinajstić information content (AvgIpc) is 2.89. The van der Waals surface area contributed by atoms with Crippen molar-refractivity contribution in [3.8, 4) is 5.75 Å². The fourth-order valence-electron chi connectivity index (χ4n) is 2.52. The van der Waals surface area contributed by atoms with Gasteiger partial charge in [-0.25, -0.2) is 0 Å². The van der Waals surface area contributed by atoms with E-state index in [1.807, 2.05) is 0 Å². The molecular weight excluding hydrogens is 250 g/mol. The molecule has 1 heterocycles. The van der Waals surface area contributed by atoms with Crippen molar-refractivity contribution in [1.29, 1.82) is 0 Å². The molecule has 1 aromatic rings.